The van der Waals surface area contributed by atoms with Crippen LogP contribution in [0, 0.1) is 18.8 Å². The lowest BCUT2D eigenvalue weighted by Gasteiger charge is -2.37. The standard InChI is InChI=1S/C15H28B4/c1-9(2)14(16,17)12-7-6-8-13(11(12)5)15(18,19)10(3)4/h6-10H,16-19H2,1-5H3. The first kappa shape index (κ1) is 16.5. The highest BCUT2D eigenvalue weighted by atomic mass is 14.3. The largest absolute Gasteiger partial charge is 0.105 e. The third-order valence-corrected chi connectivity index (χ3v) is 5.61. The Morgan fingerprint density at radius 3 is 1.37 bits per heavy atom. The Labute approximate surface area is 123 Å². The first-order chi connectivity index (χ1) is 8.52. The van der Waals surface area contributed by atoms with Crippen LogP contribution >= 0.6 is 0 Å². The normalized spacial score (nSPS) is 13.2. The predicted molar refractivity (Wildman–Crippen MR) is 98.4 cm³/mol. The van der Waals surface area contributed by atoms with Gasteiger partial charge in [-0.3, -0.25) is 0 Å². The second kappa shape index (κ2) is 5.46. The van der Waals surface area contributed by atoms with E-state index in [-0.39, 0.29) is 10.4 Å². The summed E-state index contributed by atoms with van der Waals surface area (Å²) in [6.45, 7) is 11.6. The van der Waals surface area contributed by atoms with Gasteiger partial charge in [-0.05, 0) is 12.5 Å². The summed E-state index contributed by atoms with van der Waals surface area (Å²) in [6, 6.07) is 6.87. The second-order valence-electron chi connectivity index (χ2n) is 7.73. The maximum absolute atomic E-state index is 2.37. The Hall–Kier alpha value is -0.520. The Kier molecular flexibility index (Phi) is 4.75. The summed E-state index contributed by atoms with van der Waals surface area (Å²) in [5, 5.41) is 0.459. The van der Waals surface area contributed by atoms with E-state index in [0.717, 1.165) is 0 Å². The fourth-order valence-electron chi connectivity index (χ4n) is 2.65. The molecule has 0 saturated heterocycles. The summed E-state index contributed by atoms with van der Waals surface area (Å²) in [6.07, 6.45) is 0. The molecule has 0 aliphatic rings. The van der Waals surface area contributed by atoms with Gasteiger partial charge in [0.1, 0.15) is 31.4 Å². The minimum Gasteiger partial charge on any atom is -0.0633 e. The molecule has 0 nitrogen and oxygen atoms in total. The van der Waals surface area contributed by atoms with Gasteiger partial charge in [0.05, 0.1) is 0 Å². The molecule has 0 aliphatic heterocycles. The van der Waals surface area contributed by atoms with Gasteiger partial charge in [0.25, 0.3) is 0 Å². The molecule has 0 radical (unpaired) electrons. The highest BCUT2D eigenvalue weighted by Gasteiger charge is 2.31. The Morgan fingerprint density at radius 2 is 1.11 bits per heavy atom. The first-order valence-corrected chi connectivity index (χ1v) is 7.63. The SMILES string of the molecule is BC(B)(c1cccc(C(B)(B)C(C)C)c1C)C(C)C. The molecule has 0 spiro atoms. The van der Waals surface area contributed by atoms with Crippen molar-refractivity contribution >= 4 is 31.4 Å². The fourth-order valence-corrected chi connectivity index (χ4v) is 2.65. The minimum absolute atomic E-state index is 0.229. The van der Waals surface area contributed by atoms with Crippen molar-refractivity contribution < 1.29 is 0 Å². The van der Waals surface area contributed by atoms with Crippen molar-refractivity contribution in [3.05, 3.63) is 34.9 Å². The van der Waals surface area contributed by atoms with E-state index < -0.39 is 0 Å². The van der Waals surface area contributed by atoms with Crippen LogP contribution in [0.5, 0.6) is 0 Å². The van der Waals surface area contributed by atoms with Crippen LogP contribution in [-0.2, 0) is 10.4 Å². The van der Waals surface area contributed by atoms with Gasteiger partial charge < -0.3 is 0 Å². The van der Waals surface area contributed by atoms with Crippen LogP contribution in [0.4, 0.5) is 0 Å². The quantitative estimate of drug-likeness (QED) is 0.668. The molecule has 0 heterocycles. The van der Waals surface area contributed by atoms with Gasteiger partial charge in [-0.2, -0.15) is 0 Å². The number of hydrogen-bond acceptors (Lipinski definition) is 0. The van der Waals surface area contributed by atoms with E-state index in [2.05, 4.69) is 84.2 Å². The molecule has 100 valence electrons. The lowest BCUT2D eigenvalue weighted by Crippen LogP contribution is -2.38. The average molecular weight is 252 g/mol. The van der Waals surface area contributed by atoms with Crippen LogP contribution in [0.3, 0.4) is 0 Å². The molecule has 0 amide bonds. The van der Waals surface area contributed by atoms with E-state index in [1.54, 1.807) is 0 Å². The number of rotatable bonds is 4. The molecule has 0 unspecified atom stereocenters. The van der Waals surface area contributed by atoms with E-state index in [9.17, 15) is 0 Å². The molecule has 19 heavy (non-hydrogen) atoms. The molecule has 0 saturated carbocycles. The van der Waals surface area contributed by atoms with Crippen molar-refractivity contribution in [3.8, 4) is 0 Å². The van der Waals surface area contributed by atoms with Crippen molar-refractivity contribution in [1.82, 2.24) is 0 Å². The monoisotopic (exact) mass is 252 g/mol. The lowest BCUT2D eigenvalue weighted by atomic mass is 9.42. The van der Waals surface area contributed by atoms with Gasteiger partial charge in [0.15, 0.2) is 0 Å². The summed E-state index contributed by atoms with van der Waals surface area (Å²) in [5.41, 5.74) is 4.50. The van der Waals surface area contributed by atoms with E-state index in [4.69, 9.17) is 0 Å². The molecule has 0 fully saturated rings. The predicted octanol–water partition coefficient (Wildman–Crippen LogP) is 0.145. The topological polar surface area (TPSA) is 0 Å². The van der Waals surface area contributed by atoms with Crippen LogP contribution in [0.25, 0.3) is 0 Å². The second-order valence-corrected chi connectivity index (χ2v) is 7.73. The highest BCUT2D eigenvalue weighted by molar-refractivity contribution is 6.41. The van der Waals surface area contributed by atoms with E-state index in [1.165, 1.54) is 16.7 Å². The van der Waals surface area contributed by atoms with Crippen molar-refractivity contribution in [2.75, 3.05) is 0 Å². The maximum atomic E-state index is 2.37. The molecular weight excluding hydrogens is 223 g/mol. The zero-order valence-electron chi connectivity index (χ0n) is 14.4. The van der Waals surface area contributed by atoms with Crippen LogP contribution in [0.2, 0.25) is 0 Å². The van der Waals surface area contributed by atoms with Crippen molar-refractivity contribution in [2.24, 2.45) is 11.8 Å². The number of benzene rings is 1. The number of hydrogen-bond donors (Lipinski definition) is 0. The van der Waals surface area contributed by atoms with E-state index >= 15 is 0 Å². The summed E-state index contributed by atoms with van der Waals surface area (Å²) < 4.78 is 0. The first-order valence-electron chi connectivity index (χ1n) is 7.63. The molecule has 1 rings (SSSR count). The molecule has 0 aliphatic carbocycles. The fraction of sp³-hybridized carbons (Fsp3) is 0.600. The molecule has 1 aromatic rings. The van der Waals surface area contributed by atoms with Gasteiger partial charge in [-0.15, -0.1) is 0 Å². The van der Waals surface area contributed by atoms with Gasteiger partial charge >= 0.3 is 0 Å². The van der Waals surface area contributed by atoms with E-state index in [0.29, 0.717) is 11.8 Å². The average Bonchev–Trinajstić information content (AvgIpc) is 2.28. The summed E-state index contributed by atoms with van der Waals surface area (Å²) in [4.78, 5) is 0. The third-order valence-electron chi connectivity index (χ3n) is 5.61. The van der Waals surface area contributed by atoms with Crippen LogP contribution in [-0.4, -0.2) is 31.4 Å². The minimum atomic E-state index is 0.229. The van der Waals surface area contributed by atoms with Crippen LogP contribution in [0.1, 0.15) is 44.4 Å². The Balaban J connectivity index is 3.43. The molecule has 1 aromatic carbocycles. The summed E-state index contributed by atoms with van der Waals surface area (Å²) in [5.74, 6) is 1.28. The van der Waals surface area contributed by atoms with Crippen molar-refractivity contribution in [3.63, 3.8) is 0 Å². The Morgan fingerprint density at radius 1 is 0.789 bits per heavy atom. The smallest absolute Gasteiger partial charge is 0.0633 e. The Bertz CT molecular complexity index is 409. The van der Waals surface area contributed by atoms with E-state index in [1.807, 2.05) is 0 Å². The zero-order valence-corrected chi connectivity index (χ0v) is 14.4. The molecular formula is C15H28B4. The highest BCUT2D eigenvalue weighted by Crippen LogP contribution is 2.35. The molecule has 0 aromatic heterocycles. The van der Waals surface area contributed by atoms with Crippen molar-refractivity contribution in [2.45, 2.75) is 45.0 Å². The van der Waals surface area contributed by atoms with Gasteiger partial charge in [0.2, 0.25) is 0 Å². The third kappa shape index (κ3) is 2.98. The molecule has 0 bridgehead atoms. The lowest BCUT2D eigenvalue weighted by molar-refractivity contribution is 0.553. The molecule has 4 heteroatoms. The zero-order chi connectivity index (χ0) is 15.0. The van der Waals surface area contributed by atoms with Crippen LogP contribution in [0.15, 0.2) is 18.2 Å². The molecule has 0 atom stereocenters. The van der Waals surface area contributed by atoms with Crippen molar-refractivity contribution in [1.29, 1.82) is 0 Å². The van der Waals surface area contributed by atoms with Gasteiger partial charge in [0, 0.05) is 0 Å². The molecule has 0 N–H and O–H groups in total. The summed E-state index contributed by atoms with van der Waals surface area (Å²) in [7, 11) is 9.47. The maximum Gasteiger partial charge on any atom is 0.105 e. The van der Waals surface area contributed by atoms with Crippen LogP contribution < -0.4 is 0 Å². The summed E-state index contributed by atoms with van der Waals surface area (Å²) >= 11 is 0. The van der Waals surface area contributed by atoms with Gasteiger partial charge in [-0.1, -0.05) is 79.3 Å². The van der Waals surface area contributed by atoms with Gasteiger partial charge in [-0.25, -0.2) is 0 Å².